The number of hydrogen-bond donors (Lipinski definition) is 1. The first-order chi connectivity index (χ1) is 10.8. The molecule has 0 bridgehead atoms. The summed E-state index contributed by atoms with van der Waals surface area (Å²) in [4.78, 5) is 26.7. The topological polar surface area (TPSA) is 58.6 Å². The maximum absolute atomic E-state index is 13.1. The minimum atomic E-state index is -0.534. The van der Waals surface area contributed by atoms with Crippen molar-refractivity contribution in [3.05, 3.63) is 0 Å². The maximum Gasteiger partial charge on any atom is 0.407 e. The number of nitrogens with one attached hydrogen (secondary N) is 1. The summed E-state index contributed by atoms with van der Waals surface area (Å²) in [6.07, 6.45) is 4.53. The van der Waals surface area contributed by atoms with Gasteiger partial charge in [0.05, 0.1) is 7.11 Å². The van der Waals surface area contributed by atoms with E-state index in [-0.39, 0.29) is 17.9 Å². The van der Waals surface area contributed by atoms with E-state index in [0.717, 1.165) is 18.9 Å². The molecular weight excluding hydrogens is 292 g/mol. The number of likely N-dealkylation sites (tertiary alicyclic amines) is 1. The molecule has 2 aliphatic rings. The van der Waals surface area contributed by atoms with Crippen molar-refractivity contribution in [3.63, 3.8) is 0 Å². The van der Waals surface area contributed by atoms with Crippen molar-refractivity contribution in [3.8, 4) is 0 Å². The van der Waals surface area contributed by atoms with E-state index in [1.165, 1.54) is 26.4 Å². The van der Waals surface area contributed by atoms with Crippen LogP contribution in [0.15, 0.2) is 0 Å². The Labute approximate surface area is 140 Å². The second-order valence-electron chi connectivity index (χ2n) is 7.85. The molecule has 2 amide bonds. The minimum absolute atomic E-state index is 0.0390. The molecule has 2 fully saturated rings. The molecule has 1 saturated carbocycles. The molecule has 1 aliphatic carbocycles. The summed E-state index contributed by atoms with van der Waals surface area (Å²) >= 11 is 0. The molecule has 1 heterocycles. The number of methoxy groups -OCH3 is 1. The van der Waals surface area contributed by atoms with Crippen LogP contribution in [-0.2, 0) is 9.53 Å². The Morgan fingerprint density at radius 1 is 1.13 bits per heavy atom. The second kappa shape index (κ2) is 7.54. The van der Waals surface area contributed by atoms with Gasteiger partial charge in [0.15, 0.2) is 0 Å². The summed E-state index contributed by atoms with van der Waals surface area (Å²) in [6, 6.07) is -0.224. The third kappa shape index (κ3) is 3.99. The largest absolute Gasteiger partial charge is 0.453 e. The highest BCUT2D eigenvalue weighted by Gasteiger charge is 2.43. The van der Waals surface area contributed by atoms with Crippen LogP contribution in [0.25, 0.3) is 0 Å². The molecule has 1 N–H and O–H groups in total. The van der Waals surface area contributed by atoms with Crippen LogP contribution >= 0.6 is 0 Å². The number of ether oxygens (including phenoxy) is 1. The van der Waals surface area contributed by atoms with E-state index in [9.17, 15) is 9.59 Å². The zero-order valence-electron chi connectivity index (χ0n) is 15.2. The Kier molecular flexibility index (Phi) is 5.93. The lowest BCUT2D eigenvalue weighted by Crippen LogP contribution is -2.53. The highest BCUT2D eigenvalue weighted by atomic mass is 16.5. The predicted octanol–water partition coefficient (Wildman–Crippen LogP) is 3.04. The number of carbonyl (C=O) groups excluding carboxylic acids is 2. The van der Waals surface area contributed by atoms with Gasteiger partial charge >= 0.3 is 6.09 Å². The molecule has 2 rings (SSSR count). The van der Waals surface area contributed by atoms with E-state index in [2.05, 4.69) is 23.9 Å². The van der Waals surface area contributed by atoms with Gasteiger partial charge in [0.1, 0.15) is 6.04 Å². The number of amides is 2. The Morgan fingerprint density at radius 2 is 1.78 bits per heavy atom. The molecule has 5 heteroatoms. The molecule has 0 aromatic heterocycles. The van der Waals surface area contributed by atoms with Gasteiger partial charge < -0.3 is 15.0 Å². The van der Waals surface area contributed by atoms with E-state index in [1.54, 1.807) is 0 Å². The van der Waals surface area contributed by atoms with Crippen LogP contribution in [0.4, 0.5) is 4.79 Å². The van der Waals surface area contributed by atoms with Gasteiger partial charge in [0, 0.05) is 12.6 Å². The maximum atomic E-state index is 13.1. The van der Waals surface area contributed by atoms with Crippen LogP contribution in [0.3, 0.4) is 0 Å². The zero-order valence-corrected chi connectivity index (χ0v) is 15.2. The third-order valence-electron chi connectivity index (χ3n) is 5.64. The zero-order chi connectivity index (χ0) is 17.1. The monoisotopic (exact) mass is 324 g/mol. The Balaban J connectivity index is 2.11. The molecule has 3 atom stereocenters. The number of hydrogen-bond acceptors (Lipinski definition) is 3. The first kappa shape index (κ1) is 18.1. The minimum Gasteiger partial charge on any atom is -0.453 e. The van der Waals surface area contributed by atoms with Crippen molar-refractivity contribution >= 4 is 12.0 Å². The molecule has 0 aromatic rings. The van der Waals surface area contributed by atoms with Gasteiger partial charge in [-0.2, -0.15) is 0 Å². The Morgan fingerprint density at radius 3 is 2.22 bits per heavy atom. The Hall–Kier alpha value is -1.26. The van der Waals surface area contributed by atoms with Crippen LogP contribution in [0, 0.1) is 23.7 Å². The molecule has 0 aromatic carbocycles. The standard InChI is InChI=1S/C18H32N2O3/c1-11(2)15-9-14(13-7-6-8-13)10-20(15)17(21)16(12(3)4)19-18(22)23-5/h11-16H,6-10H2,1-5H3,(H,19,22)/t14-,15-,16-/m0/s1. The van der Waals surface area contributed by atoms with Crippen LogP contribution in [0.2, 0.25) is 0 Å². The van der Waals surface area contributed by atoms with Gasteiger partial charge in [-0.05, 0) is 30.1 Å². The van der Waals surface area contributed by atoms with Crippen LogP contribution in [0.1, 0.15) is 53.4 Å². The molecule has 0 unspecified atom stereocenters. The summed E-state index contributed by atoms with van der Waals surface area (Å²) in [5.41, 5.74) is 0. The Bertz CT molecular complexity index is 432. The SMILES string of the molecule is COC(=O)N[C@H](C(=O)N1C[C@@H](C2CCC2)C[C@H]1C(C)C)C(C)C. The summed E-state index contributed by atoms with van der Waals surface area (Å²) < 4.78 is 4.68. The number of alkyl carbamates (subject to hydrolysis) is 1. The average molecular weight is 324 g/mol. The fraction of sp³-hybridized carbons (Fsp3) is 0.889. The molecule has 0 spiro atoms. The van der Waals surface area contributed by atoms with Crippen molar-refractivity contribution < 1.29 is 14.3 Å². The molecule has 132 valence electrons. The van der Waals surface area contributed by atoms with Crippen molar-refractivity contribution in [2.24, 2.45) is 23.7 Å². The summed E-state index contributed by atoms with van der Waals surface area (Å²) in [5.74, 6) is 1.95. The van der Waals surface area contributed by atoms with Crippen LogP contribution in [-0.4, -0.2) is 42.6 Å². The fourth-order valence-electron chi connectivity index (χ4n) is 3.92. The summed E-state index contributed by atoms with van der Waals surface area (Å²) in [6.45, 7) is 9.14. The van der Waals surface area contributed by atoms with E-state index >= 15 is 0 Å². The number of carbonyl (C=O) groups is 2. The highest BCUT2D eigenvalue weighted by molar-refractivity contribution is 5.86. The number of nitrogens with zero attached hydrogens (tertiary/aromatic N) is 1. The average Bonchev–Trinajstić information content (AvgIpc) is 2.86. The highest BCUT2D eigenvalue weighted by Crippen LogP contribution is 2.42. The molecule has 5 nitrogen and oxygen atoms in total. The lowest BCUT2D eigenvalue weighted by Gasteiger charge is -2.33. The quantitative estimate of drug-likeness (QED) is 0.845. The van der Waals surface area contributed by atoms with Gasteiger partial charge in [0.2, 0.25) is 5.91 Å². The van der Waals surface area contributed by atoms with Crippen LogP contribution < -0.4 is 5.32 Å². The summed E-state index contributed by atoms with van der Waals surface area (Å²) in [7, 11) is 1.33. The number of rotatable bonds is 5. The van der Waals surface area contributed by atoms with Gasteiger partial charge in [-0.3, -0.25) is 4.79 Å². The van der Waals surface area contributed by atoms with E-state index in [0.29, 0.717) is 11.8 Å². The van der Waals surface area contributed by atoms with E-state index in [4.69, 9.17) is 0 Å². The molecule has 1 saturated heterocycles. The van der Waals surface area contributed by atoms with Gasteiger partial charge in [-0.25, -0.2) is 4.79 Å². The van der Waals surface area contributed by atoms with Gasteiger partial charge in [-0.15, -0.1) is 0 Å². The second-order valence-corrected chi connectivity index (χ2v) is 7.85. The fourth-order valence-corrected chi connectivity index (χ4v) is 3.92. The molecule has 23 heavy (non-hydrogen) atoms. The molecular formula is C18H32N2O3. The first-order valence-corrected chi connectivity index (χ1v) is 9.00. The van der Waals surface area contributed by atoms with Crippen LogP contribution in [0.5, 0.6) is 0 Å². The van der Waals surface area contributed by atoms with Gasteiger partial charge in [-0.1, -0.05) is 47.0 Å². The van der Waals surface area contributed by atoms with Crippen molar-refractivity contribution in [1.82, 2.24) is 10.2 Å². The predicted molar refractivity (Wildman–Crippen MR) is 90.0 cm³/mol. The lowest BCUT2D eigenvalue weighted by molar-refractivity contribution is -0.136. The molecule has 1 aliphatic heterocycles. The van der Waals surface area contributed by atoms with Crippen molar-refractivity contribution in [2.75, 3.05) is 13.7 Å². The molecule has 0 radical (unpaired) electrons. The first-order valence-electron chi connectivity index (χ1n) is 9.00. The van der Waals surface area contributed by atoms with E-state index in [1.807, 2.05) is 18.7 Å². The van der Waals surface area contributed by atoms with Gasteiger partial charge in [0.25, 0.3) is 0 Å². The van der Waals surface area contributed by atoms with Crippen molar-refractivity contribution in [2.45, 2.75) is 65.5 Å². The van der Waals surface area contributed by atoms with E-state index < -0.39 is 12.1 Å². The smallest absolute Gasteiger partial charge is 0.407 e. The summed E-state index contributed by atoms with van der Waals surface area (Å²) in [5, 5.41) is 2.72. The lowest BCUT2D eigenvalue weighted by atomic mass is 9.74. The normalized spacial score (nSPS) is 26.3. The third-order valence-corrected chi connectivity index (χ3v) is 5.64. The van der Waals surface area contributed by atoms with Crippen molar-refractivity contribution in [1.29, 1.82) is 0 Å².